The molecule has 0 radical (unpaired) electrons. The summed E-state index contributed by atoms with van der Waals surface area (Å²) in [5, 5.41) is 11.5. The second-order valence-electron chi connectivity index (χ2n) is 8.16. The summed E-state index contributed by atoms with van der Waals surface area (Å²) in [6.07, 6.45) is 1.61. The highest BCUT2D eigenvalue weighted by molar-refractivity contribution is 6.47. The van der Waals surface area contributed by atoms with E-state index in [-0.39, 0.29) is 28.0 Å². The lowest BCUT2D eigenvalue weighted by atomic mass is 9.95. The molecule has 1 aliphatic rings. The average molecular weight is 472 g/mol. The van der Waals surface area contributed by atoms with Gasteiger partial charge in [-0.15, -0.1) is 0 Å². The van der Waals surface area contributed by atoms with Crippen LogP contribution in [-0.4, -0.2) is 41.0 Å². The Balaban J connectivity index is 2.13. The summed E-state index contributed by atoms with van der Waals surface area (Å²) in [6, 6.07) is 11.4. The lowest BCUT2D eigenvalue weighted by molar-refractivity contribution is -0.139. The average Bonchev–Trinajstić information content (AvgIpc) is 3.03. The molecule has 3 rings (SSSR count). The van der Waals surface area contributed by atoms with Gasteiger partial charge in [-0.05, 0) is 63.1 Å². The molecule has 0 saturated carbocycles. The minimum Gasteiger partial charge on any atom is -0.507 e. The summed E-state index contributed by atoms with van der Waals surface area (Å²) >= 11 is 6.36. The number of aliphatic hydroxyl groups is 1. The van der Waals surface area contributed by atoms with Crippen LogP contribution >= 0.6 is 11.6 Å². The van der Waals surface area contributed by atoms with Crippen LogP contribution in [0.1, 0.15) is 57.7 Å². The molecule has 0 bridgehead atoms. The van der Waals surface area contributed by atoms with Gasteiger partial charge in [0.05, 0.1) is 29.3 Å². The molecule has 176 valence electrons. The first kappa shape index (κ1) is 24.6. The summed E-state index contributed by atoms with van der Waals surface area (Å²) in [4.78, 5) is 27.6. The number of rotatable bonds is 9. The van der Waals surface area contributed by atoms with E-state index in [1.165, 1.54) is 4.90 Å². The van der Waals surface area contributed by atoms with E-state index in [4.69, 9.17) is 21.1 Å². The number of hydrogen-bond acceptors (Lipinski definition) is 5. The van der Waals surface area contributed by atoms with Crippen molar-refractivity contribution in [3.63, 3.8) is 0 Å². The van der Waals surface area contributed by atoms with Crippen LogP contribution in [0, 0.1) is 0 Å². The van der Waals surface area contributed by atoms with Crippen LogP contribution in [0.4, 0.5) is 0 Å². The Bertz CT molecular complexity index is 1050. The number of amides is 1. The van der Waals surface area contributed by atoms with E-state index in [0.29, 0.717) is 30.2 Å². The van der Waals surface area contributed by atoms with Crippen molar-refractivity contribution in [2.75, 3.05) is 13.2 Å². The molecule has 7 heteroatoms. The van der Waals surface area contributed by atoms with Crippen LogP contribution in [0.15, 0.2) is 48.0 Å². The molecule has 1 amide bonds. The third-order valence-electron chi connectivity index (χ3n) is 5.36. The Morgan fingerprint density at radius 2 is 1.76 bits per heavy atom. The molecule has 1 saturated heterocycles. The van der Waals surface area contributed by atoms with Gasteiger partial charge in [0.25, 0.3) is 11.7 Å². The number of ketones is 1. The number of halogens is 1. The molecule has 2 aromatic carbocycles. The number of hydrogen-bond donors (Lipinski definition) is 1. The molecule has 1 aliphatic heterocycles. The number of carbonyl (C=O) groups excluding carboxylic acids is 2. The van der Waals surface area contributed by atoms with E-state index in [1.54, 1.807) is 30.3 Å². The van der Waals surface area contributed by atoms with Gasteiger partial charge >= 0.3 is 0 Å². The number of carbonyl (C=O) groups is 2. The fourth-order valence-electron chi connectivity index (χ4n) is 3.87. The third kappa shape index (κ3) is 5.33. The lowest BCUT2D eigenvalue weighted by Gasteiger charge is -2.25. The van der Waals surface area contributed by atoms with Crippen LogP contribution < -0.4 is 9.47 Å². The number of nitrogens with zero attached hydrogens (tertiary/aromatic N) is 1. The van der Waals surface area contributed by atoms with Crippen LogP contribution in [-0.2, 0) is 9.59 Å². The zero-order valence-electron chi connectivity index (χ0n) is 19.4. The number of Topliss-reactive ketones (excluding diaryl/α,β-unsaturated/α-hetero) is 1. The largest absolute Gasteiger partial charge is 0.507 e. The first-order valence-electron chi connectivity index (χ1n) is 11.3. The molecule has 2 aromatic rings. The summed E-state index contributed by atoms with van der Waals surface area (Å²) in [5.41, 5.74) is 0.977. The van der Waals surface area contributed by atoms with Crippen molar-refractivity contribution in [1.82, 2.24) is 4.90 Å². The van der Waals surface area contributed by atoms with Crippen molar-refractivity contribution in [3.05, 3.63) is 64.2 Å². The zero-order valence-corrected chi connectivity index (χ0v) is 20.2. The minimum absolute atomic E-state index is 0.0178. The van der Waals surface area contributed by atoms with Crippen LogP contribution in [0.5, 0.6) is 11.5 Å². The Hall–Kier alpha value is -2.99. The van der Waals surface area contributed by atoms with Crippen molar-refractivity contribution in [2.45, 2.75) is 52.7 Å². The molecular formula is C26H30ClNO5. The van der Waals surface area contributed by atoms with E-state index >= 15 is 0 Å². The molecule has 0 spiro atoms. The van der Waals surface area contributed by atoms with E-state index in [9.17, 15) is 14.7 Å². The fraction of sp³-hybridized carbons (Fsp3) is 0.385. The van der Waals surface area contributed by atoms with Crippen molar-refractivity contribution >= 4 is 29.1 Å². The van der Waals surface area contributed by atoms with Crippen molar-refractivity contribution in [1.29, 1.82) is 0 Å². The quantitative estimate of drug-likeness (QED) is 0.286. The predicted molar refractivity (Wildman–Crippen MR) is 129 cm³/mol. The Morgan fingerprint density at radius 1 is 1.09 bits per heavy atom. The highest BCUT2D eigenvalue weighted by Gasteiger charge is 2.46. The van der Waals surface area contributed by atoms with Gasteiger partial charge in [-0.1, -0.05) is 37.1 Å². The van der Waals surface area contributed by atoms with Crippen LogP contribution in [0.25, 0.3) is 5.76 Å². The predicted octanol–water partition coefficient (Wildman–Crippen LogP) is 5.75. The van der Waals surface area contributed by atoms with Gasteiger partial charge < -0.3 is 19.5 Å². The molecule has 1 unspecified atom stereocenters. The van der Waals surface area contributed by atoms with Gasteiger partial charge in [-0.2, -0.15) is 0 Å². The normalized spacial score (nSPS) is 17.6. The van der Waals surface area contributed by atoms with Gasteiger partial charge in [0, 0.05) is 12.1 Å². The van der Waals surface area contributed by atoms with Crippen molar-refractivity contribution in [3.8, 4) is 11.5 Å². The number of unbranched alkanes of at least 4 members (excludes halogenated alkanes) is 1. The van der Waals surface area contributed by atoms with E-state index in [2.05, 4.69) is 0 Å². The van der Waals surface area contributed by atoms with Crippen LogP contribution in [0.2, 0.25) is 5.02 Å². The monoisotopic (exact) mass is 471 g/mol. The standard InChI is InChI=1S/C26H30ClNO5/c1-5-7-14-28-23(17-8-10-18(11-9-17)33-16(3)4)22(25(30)26(28)31)24(29)20-15-19(32-6-2)12-13-21(20)27/h8-13,15-16,23,29H,5-7,14H2,1-4H3/b24-22+. The fourth-order valence-corrected chi connectivity index (χ4v) is 4.08. The summed E-state index contributed by atoms with van der Waals surface area (Å²) in [6.45, 7) is 8.58. The van der Waals surface area contributed by atoms with Gasteiger partial charge in [0.2, 0.25) is 0 Å². The number of aliphatic hydroxyl groups excluding tert-OH is 1. The number of likely N-dealkylation sites (tertiary alicyclic amines) is 1. The molecule has 1 fully saturated rings. The van der Waals surface area contributed by atoms with E-state index in [0.717, 1.165) is 12.8 Å². The molecular weight excluding hydrogens is 442 g/mol. The second kappa shape index (κ2) is 10.8. The van der Waals surface area contributed by atoms with Crippen LogP contribution in [0.3, 0.4) is 0 Å². The highest BCUT2D eigenvalue weighted by Crippen LogP contribution is 2.41. The Labute approximate surface area is 199 Å². The maximum absolute atomic E-state index is 13.1. The van der Waals surface area contributed by atoms with E-state index < -0.39 is 17.7 Å². The second-order valence-corrected chi connectivity index (χ2v) is 8.56. The molecule has 33 heavy (non-hydrogen) atoms. The molecule has 1 heterocycles. The van der Waals surface area contributed by atoms with Gasteiger partial charge in [-0.25, -0.2) is 0 Å². The first-order chi connectivity index (χ1) is 15.8. The SMILES string of the molecule is CCCCN1C(=O)C(=O)/C(=C(/O)c2cc(OCC)ccc2Cl)C1c1ccc(OC(C)C)cc1. The van der Waals surface area contributed by atoms with Gasteiger partial charge in [-0.3, -0.25) is 9.59 Å². The minimum atomic E-state index is -0.728. The maximum Gasteiger partial charge on any atom is 0.295 e. The van der Waals surface area contributed by atoms with Gasteiger partial charge in [0.1, 0.15) is 17.3 Å². The molecule has 1 atom stereocenters. The van der Waals surface area contributed by atoms with Crippen molar-refractivity contribution in [2.24, 2.45) is 0 Å². The highest BCUT2D eigenvalue weighted by atomic mass is 35.5. The molecule has 1 N–H and O–H groups in total. The smallest absolute Gasteiger partial charge is 0.295 e. The topological polar surface area (TPSA) is 76.1 Å². The lowest BCUT2D eigenvalue weighted by Crippen LogP contribution is -2.30. The third-order valence-corrected chi connectivity index (χ3v) is 5.69. The first-order valence-corrected chi connectivity index (χ1v) is 11.6. The summed E-state index contributed by atoms with van der Waals surface area (Å²) in [5.74, 6) is -0.475. The number of ether oxygens (including phenoxy) is 2. The van der Waals surface area contributed by atoms with Crippen molar-refractivity contribution < 1.29 is 24.2 Å². The zero-order chi connectivity index (χ0) is 24.1. The Morgan fingerprint density at radius 3 is 2.36 bits per heavy atom. The van der Waals surface area contributed by atoms with E-state index in [1.807, 2.05) is 39.8 Å². The summed E-state index contributed by atoms with van der Waals surface area (Å²) in [7, 11) is 0. The molecule has 6 nitrogen and oxygen atoms in total. The summed E-state index contributed by atoms with van der Waals surface area (Å²) < 4.78 is 11.2. The number of benzene rings is 2. The Kier molecular flexibility index (Phi) is 8.03. The molecule has 0 aliphatic carbocycles. The molecule has 0 aromatic heterocycles. The maximum atomic E-state index is 13.1. The van der Waals surface area contributed by atoms with Gasteiger partial charge in [0.15, 0.2) is 0 Å².